The maximum Gasteiger partial charge on any atom is 0.143 e. The summed E-state index contributed by atoms with van der Waals surface area (Å²) >= 11 is 4.33. The van der Waals surface area contributed by atoms with Gasteiger partial charge < -0.3 is 5.32 Å². The molecule has 1 heterocycles. The summed E-state index contributed by atoms with van der Waals surface area (Å²) < 4.78 is 1.19. The van der Waals surface area contributed by atoms with Crippen LogP contribution >= 0.6 is 34.4 Å². The van der Waals surface area contributed by atoms with Crippen LogP contribution in [0, 0.1) is 9.49 Å². The number of anilines is 1. The summed E-state index contributed by atoms with van der Waals surface area (Å²) in [5.41, 5.74) is 1.19. The van der Waals surface area contributed by atoms with Gasteiger partial charge in [-0.3, -0.25) is 0 Å². The molecular formula is C16H28IN3S. The maximum atomic E-state index is 4.81. The topological polar surface area (TPSA) is 37.8 Å². The van der Waals surface area contributed by atoms with Gasteiger partial charge in [-0.2, -0.15) is 11.8 Å². The molecule has 0 radical (unpaired) electrons. The highest BCUT2D eigenvalue weighted by molar-refractivity contribution is 14.1. The van der Waals surface area contributed by atoms with Crippen LogP contribution in [0.2, 0.25) is 0 Å². The first-order chi connectivity index (χ1) is 9.97. The van der Waals surface area contributed by atoms with Gasteiger partial charge in [0, 0.05) is 11.8 Å². The van der Waals surface area contributed by atoms with E-state index >= 15 is 0 Å². The molecule has 1 unspecified atom stereocenters. The zero-order valence-electron chi connectivity index (χ0n) is 13.9. The largest absolute Gasteiger partial charge is 0.369 e. The molecule has 1 aromatic rings. The van der Waals surface area contributed by atoms with Crippen molar-refractivity contribution in [2.75, 3.05) is 11.9 Å². The van der Waals surface area contributed by atoms with Crippen molar-refractivity contribution in [3.8, 4) is 0 Å². The Bertz CT molecular complexity index is 438. The van der Waals surface area contributed by atoms with E-state index in [1.54, 1.807) is 0 Å². The fourth-order valence-corrected chi connectivity index (χ4v) is 3.28. The Morgan fingerprint density at radius 1 is 1.19 bits per heavy atom. The first-order valence-corrected chi connectivity index (χ1v) is 10.0. The Labute approximate surface area is 147 Å². The molecule has 1 aromatic heterocycles. The fraction of sp³-hybridized carbons (Fsp3) is 0.750. The van der Waals surface area contributed by atoms with E-state index in [4.69, 9.17) is 9.97 Å². The van der Waals surface area contributed by atoms with Crippen LogP contribution in [-0.2, 0) is 12.2 Å². The van der Waals surface area contributed by atoms with Gasteiger partial charge in [-0.1, -0.05) is 34.6 Å². The first kappa shape index (κ1) is 19.0. The highest BCUT2D eigenvalue weighted by Gasteiger charge is 2.14. The van der Waals surface area contributed by atoms with Crippen LogP contribution in [0.1, 0.15) is 59.0 Å². The van der Waals surface area contributed by atoms with E-state index in [9.17, 15) is 0 Å². The van der Waals surface area contributed by atoms with Gasteiger partial charge >= 0.3 is 0 Å². The minimum absolute atomic E-state index is 0.613. The molecule has 0 aromatic carbocycles. The molecule has 1 atom stereocenters. The second-order valence-electron chi connectivity index (χ2n) is 5.80. The molecule has 0 aliphatic heterocycles. The van der Waals surface area contributed by atoms with E-state index in [-0.39, 0.29) is 0 Å². The van der Waals surface area contributed by atoms with Gasteiger partial charge in [0.2, 0.25) is 0 Å². The zero-order valence-corrected chi connectivity index (χ0v) is 16.8. The predicted octanol–water partition coefficient (Wildman–Crippen LogP) is 5.13. The van der Waals surface area contributed by atoms with Crippen molar-refractivity contribution in [3.63, 3.8) is 0 Å². The van der Waals surface area contributed by atoms with Gasteiger partial charge in [-0.05, 0) is 47.8 Å². The van der Waals surface area contributed by atoms with E-state index in [0.29, 0.717) is 11.2 Å². The summed E-state index contributed by atoms with van der Waals surface area (Å²) in [6.07, 6.45) is 3.31. The Balaban J connectivity index is 2.95. The average molecular weight is 421 g/mol. The molecule has 0 amide bonds. The summed E-state index contributed by atoms with van der Waals surface area (Å²) in [7, 11) is 0. The maximum absolute atomic E-state index is 4.81. The van der Waals surface area contributed by atoms with Crippen molar-refractivity contribution < 1.29 is 0 Å². The Morgan fingerprint density at radius 2 is 1.90 bits per heavy atom. The summed E-state index contributed by atoms with van der Waals surface area (Å²) in [4.78, 5) is 9.54. The molecule has 0 saturated carbocycles. The number of hydrogen-bond donors (Lipinski definition) is 1. The Kier molecular flexibility index (Phi) is 8.94. The number of aromatic nitrogens is 2. The quantitative estimate of drug-likeness (QED) is 0.561. The number of thioether (sulfide) groups is 1. The lowest BCUT2D eigenvalue weighted by molar-refractivity contribution is 0.629. The van der Waals surface area contributed by atoms with Crippen molar-refractivity contribution in [1.29, 1.82) is 0 Å². The molecule has 1 rings (SSSR count). The molecule has 0 aliphatic carbocycles. The summed E-state index contributed by atoms with van der Waals surface area (Å²) in [6.45, 7) is 12.1. The molecule has 120 valence electrons. The third kappa shape index (κ3) is 6.72. The SMILES string of the molecule is CCCNc1nc(CSC(C)CC)nc(CC(C)C)c1I. The second kappa shape index (κ2) is 9.87. The van der Waals surface area contributed by atoms with E-state index in [1.165, 1.54) is 15.7 Å². The van der Waals surface area contributed by atoms with Crippen molar-refractivity contribution >= 4 is 40.2 Å². The van der Waals surface area contributed by atoms with E-state index in [1.807, 2.05) is 11.8 Å². The van der Waals surface area contributed by atoms with Crippen LogP contribution < -0.4 is 5.32 Å². The Morgan fingerprint density at radius 3 is 2.48 bits per heavy atom. The molecule has 0 bridgehead atoms. The number of halogens is 1. The molecule has 3 nitrogen and oxygen atoms in total. The summed E-state index contributed by atoms with van der Waals surface area (Å²) in [5, 5.41) is 4.11. The van der Waals surface area contributed by atoms with Gasteiger partial charge in [0.25, 0.3) is 0 Å². The van der Waals surface area contributed by atoms with Crippen molar-refractivity contribution in [2.24, 2.45) is 5.92 Å². The molecule has 0 aliphatic rings. The van der Waals surface area contributed by atoms with Crippen LogP contribution in [0.15, 0.2) is 0 Å². The zero-order chi connectivity index (χ0) is 15.8. The molecule has 0 fully saturated rings. The third-order valence-corrected chi connectivity index (χ3v) is 5.64. The standard InChI is InChI=1S/C16H28IN3S/c1-6-8-18-16-15(17)13(9-11(3)4)19-14(20-16)10-21-12(5)7-2/h11-12H,6-10H2,1-5H3,(H,18,19,20). The van der Waals surface area contributed by atoms with Crippen LogP contribution in [-0.4, -0.2) is 21.8 Å². The fourth-order valence-electron chi connectivity index (χ4n) is 1.83. The first-order valence-electron chi connectivity index (χ1n) is 7.88. The van der Waals surface area contributed by atoms with Crippen molar-refractivity contribution in [1.82, 2.24) is 9.97 Å². The monoisotopic (exact) mass is 421 g/mol. The highest BCUT2D eigenvalue weighted by Crippen LogP contribution is 2.24. The summed E-state index contributed by atoms with van der Waals surface area (Å²) in [6, 6.07) is 0. The lowest BCUT2D eigenvalue weighted by Gasteiger charge is -2.15. The lowest BCUT2D eigenvalue weighted by Crippen LogP contribution is -2.12. The molecule has 1 N–H and O–H groups in total. The van der Waals surface area contributed by atoms with Gasteiger partial charge in [0.15, 0.2) is 0 Å². The predicted molar refractivity (Wildman–Crippen MR) is 103 cm³/mol. The van der Waals surface area contributed by atoms with Gasteiger partial charge in [-0.15, -0.1) is 0 Å². The highest BCUT2D eigenvalue weighted by atomic mass is 127. The van der Waals surface area contributed by atoms with Gasteiger partial charge in [0.05, 0.1) is 15.0 Å². The minimum atomic E-state index is 0.613. The van der Waals surface area contributed by atoms with E-state index in [2.05, 4.69) is 62.5 Å². The van der Waals surface area contributed by atoms with Crippen molar-refractivity contribution in [2.45, 2.75) is 64.9 Å². The lowest BCUT2D eigenvalue weighted by atomic mass is 10.1. The number of nitrogens with zero attached hydrogens (tertiary/aromatic N) is 2. The smallest absolute Gasteiger partial charge is 0.143 e. The molecule has 0 spiro atoms. The van der Waals surface area contributed by atoms with Crippen LogP contribution in [0.3, 0.4) is 0 Å². The molecule has 5 heteroatoms. The minimum Gasteiger partial charge on any atom is -0.369 e. The van der Waals surface area contributed by atoms with Crippen molar-refractivity contribution in [3.05, 3.63) is 15.1 Å². The number of hydrogen-bond acceptors (Lipinski definition) is 4. The van der Waals surface area contributed by atoms with Gasteiger partial charge in [-0.25, -0.2) is 9.97 Å². The molecule has 0 saturated heterocycles. The Hall–Kier alpha value is -0.0400. The second-order valence-corrected chi connectivity index (χ2v) is 8.31. The van der Waals surface area contributed by atoms with Gasteiger partial charge in [0.1, 0.15) is 11.6 Å². The molecular weight excluding hydrogens is 393 g/mol. The van der Waals surface area contributed by atoms with E-state index < -0.39 is 0 Å². The van der Waals surface area contributed by atoms with Crippen LogP contribution in [0.25, 0.3) is 0 Å². The number of rotatable bonds is 9. The molecule has 21 heavy (non-hydrogen) atoms. The summed E-state index contributed by atoms with van der Waals surface area (Å²) in [5.74, 6) is 3.50. The van der Waals surface area contributed by atoms with Crippen LogP contribution in [0.4, 0.5) is 5.82 Å². The van der Waals surface area contributed by atoms with E-state index in [0.717, 1.165) is 36.8 Å². The normalized spacial score (nSPS) is 12.7. The average Bonchev–Trinajstić information content (AvgIpc) is 2.45. The van der Waals surface area contributed by atoms with Crippen LogP contribution in [0.5, 0.6) is 0 Å². The third-order valence-electron chi connectivity index (χ3n) is 3.18. The number of nitrogens with one attached hydrogen (secondary N) is 1.